The molecule has 0 N–H and O–H groups in total. The number of thiazole rings is 1. The summed E-state index contributed by atoms with van der Waals surface area (Å²) in [5.41, 5.74) is 3.98. The number of benzene rings is 3. The van der Waals surface area contributed by atoms with Crippen LogP contribution < -0.4 is 9.64 Å². The Bertz CT molecular complexity index is 1200. The number of likely N-dealkylation sites (N-methyl/N-ethyl adjacent to an activating group) is 1. The second-order valence-corrected chi connectivity index (χ2v) is 9.19. The van der Waals surface area contributed by atoms with Gasteiger partial charge in [-0.3, -0.25) is 9.69 Å². The van der Waals surface area contributed by atoms with Crippen LogP contribution in [0.25, 0.3) is 10.2 Å². The molecule has 170 valence electrons. The molecule has 33 heavy (non-hydrogen) atoms. The molecule has 1 amide bonds. The van der Waals surface area contributed by atoms with Crippen LogP contribution >= 0.6 is 11.3 Å². The number of hydrogen-bond acceptors (Lipinski definition) is 5. The summed E-state index contributed by atoms with van der Waals surface area (Å²) in [5.74, 6) is 0.785. The number of carbonyl (C=O) groups excluding carboxylic acids is 1. The molecule has 0 spiro atoms. The number of nitrogens with zero attached hydrogens (tertiary/aromatic N) is 3. The molecule has 4 aromatic rings. The number of anilines is 1. The van der Waals surface area contributed by atoms with Crippen LogP contribution in [0, 0.1) is 0 Å². The monoisotopic (exact) mass is 459 g/mol. The van der Waals surface area contributed by atoms with Crippen LogP contribution in [-0.4, -0.2) is 49.6 Å². The maximum Gasteiger partial charge on any atom is 0.260 e. The van der Waals surface area contributed by atoms with E-state index in [1.54, 1.807) is 4.90 Å². The van der Waals surface area contributed by atoms with E-state index in [4.69, 9.17) is 9.72 Å². The molecule has 5 nitrogen and oxygen atoms in total. The Hall–Kier alpha value is -3.22. The van der Waals surface area contributed by atoms with Gasteiger partial charge in [0.2, 0.25) is 0 Å². The predicted molar refractivity (Wildman–Crippen MR) is 137 cm³/mol. The molecule has 4 rings (SSSR count). The maximum atomic E-state index is 13.5. The van der Waals surface area contributed by atoms with E-state index in [1.165, 1.54) is 22.5 Å². The zero-order valence-corrected chi connectivity index (χ0v) is 20.1. The minimum Gasteiger partial charge on any atom is -0.494 e. The highest BCUT2D eigenvalue weighted by Gasteiger charge is 2.21. The highest BCUT2D eigenvalue weighted by molar-refractivity contribution is 7.22. The van der Waals surface area contributed by atoms with Crippen molar-refractivity contribution < 1.29 is 9.53 Å². The van der Waals surface area contributed by atoms with E-state index in [1.807, 2.05) is 81.7 Å². The molecule has 1 aromatic heterocycles. The summed E-state index contributed by atoms with van der Waals surface area (Å²) in [5, 5.41) is 0.707. The summed E-state index contributed by atoms with van der Waals surface area (Å²) in [6.45, 7) is 3.90. The molecule has 0 fully saturated rings. The van der Waals surface area contributed by atoms with Crippen molar-refractivity contribution in [3.8, 4) is 5.75 Å². The van der Waals surface area contributed by atoms with Gasteiger partial charge in [-0.2, -0.15) is 0 Å². The Labute approximate surface area is 199 Å². The highest BCUT2D eigenvalue weighted by atomic mass is 32.1. The molecule has 0 aliphatic rings. The quantitative estimate of drug-likeness (QED) is 0.332. The zero-order chi connectivity index (χ0) is 23.2. The molecule has 0 atom stereocenters. The minimum absolute atomic E-state index is 0.0350. The van der Waals surface area contributed by atoms with Gasteiger partial charge in [-0.25, -0.2) is 4.98 Å². The topological polar surface area (TPSA) is 45.7 Å². The third kappa shape index (κ3) is 5.78. The van der Waals surface area contributed by atoms with E-state index < -0.39 is 0 Å². The van der Waals surface area contributed by atoms with Crippen LogP contribution in [0.3, 0.4) is 0 Å². The minimum atomic E-state index is -0.0350. The maximum absolute atomic E-state index is 13.5. The first-order valence-corrected chi connectivity index (χ1v) is 12.0. The first-order valence-electron chi connectivity index (χ1n) is 11.2. The fourth-order valence-electron chi connectivity index (χ4n) is 3.60. The normalized spacial score (nSPS) is 11.2. The Balaban J connectivity index is 1.58. The Kier molecular flexibility index (Phi) is 7.37. The van der Waals surface area contributed by atoms with Gasteiger partial charge in [0.1, 0.15) is 5.75 Å². The molecule has 3 aromatic carbocycles. The van der Waals surface area contributed by atoms with Gasteiger partial charge in [0, 0.05) is 18.7 Å². The number of hydrogen-bond donors (Lipinski definition) is 0. The van der Waals surface area contributed by atoms with E-state index in [0.717, 1.165) is 28.9 Å². The molecule has 1 heterocycles. The third-order valence-electron chi connectivity index (χ3n) is 5.36. The summed E-state index contributed by atoms with van der Waals surface area (Å²) in [6, 6.07) is 24.1. The smallest absolute Gasteiger partial charge is 0.260 e. The number of aromatic nitrogens is 1. The van der Waals surface area contributed by atoms with Gasteiger partial charge in [-0.05, 0) is 68.9 Å². The number of carbonyl (C=O) groups is 1. The number of amides is 1. The molecule has 0 saturated heterocycles. The number of ether oxygens (including phenoxy) is 1. The van der Waals surface area contributed by atoms with Crippen molar-refractivity contribution in [1.29, 1.82) is 0 Å². The van der Waals surface area contributed by atoms with Gasteiger partial charge < -0.3 is 9.64 Å². The molecule has 0 aliphatic heterocycles. The van der Waals surface area contributed by atoms with Crippen LogP contribution in [0.2, 0.25) is 0 Å². The first-order chi connectivity index (χ1) is 16.0. The first kappa shape index (κ1) is 23.0. The van der Waals surface area contributed by atoms with Crippen molar-refractivity contribution in [2.45, 2.75) is 13.3 Å². The van der Waals surface area contributed by atoms with Crippen LogP contribution in [0.4, 0.5) is 5.13 Å². The van der Waals surface area contributed by atoms with Crippen LogP contribution in [0.15, 0.2) is 72.8 Å². The van der Waals surface area contributed by atoms with Crippen LogP contribution in [0.5, 0.6) is 5.75 Å². The van der Waals surface area contributed by atoms with Crippen molar-refractivity contribution in [2.75, 3.05) is 38.7 Å². The second-order valence-electron chi connectivity index (χ2n) is 8.18. The molecule has 6 heteroatoms. The van der Waals surface area contributed by atoms with Gasteiger partial charge in [0.25, 0.3) is 5.91 Å². The number of fused-ring (bicyclic) bond motifs is 1. The lowest BCUT2D eigenvalue weighted by Crippen LogP contribution is -2.36. The summed E-state index contributed by atoms with van der Waals surface area (Å²) in [7, 11) is 4.02. The lowest BCUT2D eigenvalue weighted by Gasteiger charge is -2.22. The summed E-state index contributed by atoms with van der Waals surface area (Å²) >= 11 is 1.52. The Morgan fingerprint density at radius 1 is 0.939 bits per heavy atom. The average molecular weight is 460 g/mol. The molecule has 0 aliphatic carbocycles. The SMILES string of the molecule is CCOc1ccc2nc(N(CCN(C)C)C(=O)c3ccc(Cc4ccccc4)cc3)sc2c1. The summed E-state index contributed by atoms with van der Waals surface area (Å²) in [6.07, 6.45) is 0.847. The number of rotatable bonds is 9. The largest absolute Gasteiger partial charge is 0.494 e. The highest BCUT2D eigenvalue weighted by Crippen LogP contribution is 2.32. The van der Waals surface area contributed by atoms with Crippen molar-refractivity contribution in [2.24, 2.45) is 0 Å². The van der Waals surface area contributed by atoms with E-state index in [0.29, 0.717) is 23.8 Å². The fourth-order valence-corrected chi connectivity index (χ4v) is 4.62. The molecular weight excluding hydrogens is 430 g/mol. The van der Waals surface area contributed by atoms with Crippen molar-refractivity contribution in [3.63, 3.8) is 0 Å². The van der Waals surface area contributed by atoms with Crippen LogP contribution in [0.1, 0.15) is 28.4 Å². The van der Waals surface area contributed by atoms with Gasteiger partial charge in [0.05, 0.1) is 16.8 Å². The van der Waals surface area contributed by atoms with Gasteiger partial charge >= 0.3 is 0 Å². The summed E-state index contributed by atoms with van der Waals surface area (Å²) in [4.78, 5) is 22.1. The Morgan fingerprint density at radius 2 is 1.67 bits per heavy atom. The lowest BCUT2D eigenvalue weighted by molar-refractivity contribution is 0.0985. The third-order valence-corrected chi connectivity index (χ3v) is 6.40. The Morgan fingerprint density at radius 3 is 2.36 bits per heavy atom. The standard InChI is InChI=1S/C27H29N3O2S/c1-4-32-23-14-15-24-25(19-23)33-27(28-24)30(17-16-29(2)3)26(31)22-12-10-21(11-13-22)18-20-8-6-5-7-9-20/h5-15,19H,4,16-18H2,1-3H3. The lowest BCUT2D eigenvalue weighted by atomic mass is 10.0. The second kappa shape index (κ2) is 10.6. The van der Waals surface area contributed by atoms with Crippen molar-refractivity contribution in [3.05, 3.63) is 89.5 Å². The average Bonchev–Trinajstić information content (AvgIpc) is 3.23. The summed E-state index contributed by atoms with van der Waals surface area (Å²) < 4.78 is 6.64. The van der Waals surface area contributed by atoms with Gasteiger partial charge in [-0.15, -0.1) is 0 Å². The van der Waals surface area contributed by atoms with E-state index in [9.17, 15) is 4.79 Å². The zero-order valence-electron chi connectivity index (χ0n) is 19.3. The molecule has 0 saturated carbocycles. The molecule has 0 radical (unpaired) electrons. The van der Waals surface area contributed by atoms with E-state index in [-0.39, 0.29) is 5.91 Å². The van der Waals surface area contributed by atoms with Crippen molar-refractivity contribution >= 4 is 32.6 Å². The van der Waals surface area contributed by atoms with E-state index >= 15 is 0 Å². The molecule has 0 bridgehead atoms. The molecular formula is C27H29N3O2S. The van der Waals surface area contributed by atoms with Gasteiger partial charge in [-0.1, -0.05) is 53.8 Å². The fraction of sp³-hybridized carbons (Fsp3) is 0.259. The molecule has 0 unspecified atom stereocenters. The predicted octanol–water partition coefficient (Wildman–Crippen LogP) is 5.49. The van der Waals surface area contributed by atoms with E-state index in [2.05, 4.69) is 17.0 Å². The van der Waals surface area contributed by atoms with Crippen molar-refractivity contribution in [1.82, 2.24) is 9.88 Å². The van der Waals surface area contributed by atoms with Crippen LogP contribution in [-0.2, 0) is 6.42 Å². The van der Waals surface area contributed by atoms with Gasteiger partial charge in [0.15, 0.2) is 5.13 Å².